The van der Waals surface area contributed by atoms with Crippen molar-refractivity contribution < 1.29 is 4.42 Å². The van der Waals surface area contributed by atoms with Crippen LogP contribution < -0.4 is 0 Å². The Hall–Kier alpha value is -5.80. The number of nitrogens with zero attached hydrogens (tertiary/aromatic N) is 2. The zero-order chi connectivity index (χ0) is 28.3. The van der Waals surface area contributed by atoms with Crippen molar-refractivity contribution in [3.63, 3.8) is 0 Å². The average Bonchev–Trinajstić information content (AvgIpc) is 3.47. The molecule has 9 rings (SSSR count). The van der Waals surface area contributed by atoms with E-state index in [0.717, 1.165) is 77.3 Å². The van der Waals surface area contributed by atoms with Crippen LogP contribution in [0.4, 0.5) is 0 Å². The van der Waals surface area contributed by atoms with Gasteiger partial charge in [-0.15, -0.1) is 0 Å². The molecule has 200 valence electrons. The summed E-state index contributed by atoms with van der Waals surface area (Å²) in [5.74, 6) is 0. The molecule has 9 aromatic rings. The number of rotatable bonds is 3. The number of furan rings is 1. The Morgan fingerprint density at radius 1 is 0.372 bits per heavy atom. The summed E-state index contributed by atoms with van der Waals surface area (Å²) in [6, 6.07) is 48.6. The van der Waals surface area contributed by atoms with E-state index in [-0.39, 0.29) is 0 Å². The van der Waals surface area contributed by atoms with Gasteiger partial charge in [0.15, 0.2) is 0 Å². The van der Waals surface area contributed by atoms with E-state index in [9.17, 15) is 0 Å². The SMILES string of the molecule is c1ccc(-c2ccccc2-c2cccc3c2oc2ccccc23)c(-c2cnc3c4ccccc4c4ccccc4c3n2)c1. The highest BCUT2D eigenvalue weighted by Gasteiger charge is 2.18. The van der Waals surface area contributed by atoms with Crippen molar-refractivity contribution in [2.45, 2.75) is 0 Å². The van der Waals surface area contributed by atoms with Crippen LogP contribution in [-0.4, -0.2) is 9.97 Å². The highest BCUT2D eigenvalue weighted by Crippen LogP contribution is 2.42. The van der Waals surface area contributed by atoms with Crippen LogP contribution in [0.15, 0.2) is 150 Å². The fourth-order valence-corrected chi connectivity index (χ4v) is 6.61. The van der Waals surface area contributed by atoms with E-state index in [4.69, 9.17) is 14.4 Å². The second-order valence-corrected chi connectivity index (χ2v) is 10.9. The lowest BCUT2D eigenvalue weighted by Gasteiger charge is -2.15. The Morgan fingerprint density at radius 2 is 0.860 bits per heavy atom. The molecular weight excluding hydrogens is 524 g/mol. The van der Waals surface area contributed by atoms with Crippen LogP contribution in [0.1, 0.15) is 0 Å². The number of hydrogen-bond donors (Lipinski definition) is 0. The third kappa shape index (κ3) is 3.62. The molecule has 2 aromatic heterocycles. The number of benzene rings is 7. The predicted octanol–water partition coefficient (Wildman–Crippen LogP) is 10.8. The maximum absolute atomic E-state index is 6.45. The van der Waals surface area contributed by atoms with Crippen LogP contribution in [0.5, 0.6) is 0 Å². The summed E-state index contributed by atoms with van der Waals surface area (Å²) in [5.41, 5.74) is 9.94. The van der Waals surface area contributed by atoms with Crippen molar-refractivity contribution in [1.29, 1.82) is 0 Å². The minimum atomic E-state index is 0.847. The quantitative estimate of drug-likeness (QED) is 0.206. The molecule has 0 saturated carbocycles. The van der Waals surface area contributed by atoms with Crippen LogP contribution in [0, 0.1) is 0 Å². The largest absolute Gasteiger partial charge is 0.455 e. The van der Waals surface area contributed by atoms with E-state index in [2.05, 4.69) is 127 Å². The summed E-state index contributed by atoms with van der Waals surface area (Å²) in [4.78, 5) is 10.3. The van der Waals surface area contributed by atoms with E-state index >= 15 is 0 Å². The molecule has 0 amide bonds. The van der Waals surface area contributed by atoms with Crippen LogP contribution in [-0.2, 0) is 0 Å². The molecule has 0 spiro atoms. The minimum Gasteiger partial charge on any atom is -0.455 e. The number of fused-ring (bicyclic) bond motifs is 9. The monoisotopic (exact) mass is 548 g/mol. The lowest BCUT2D eigenvalue weighted by molar-refractivity contribution is 0.670. The molecule has 7 aromatic carbocycles. The average molecular weight is 549 g/mol. The molecule has 0 unspecified atom stereocenters. The molecule has 0 aliphatic carbocycles. The number of aromatic nitrogens is 2. The van der Waals surface area contributed by atoms with Gasteiger partial charge in [-0.3, -0.25) is 4.98 Å². The molecule has 0 aliphatic heterocycles. The topological polar surface area (TPSA) is 38.9 Å². The molecule has 0 aliphatic rings. The van der Waals surface area contributed by atoms with Gasteiger partial charge < -0.3 is 4.42 Å². The first-order valence-corrected chi connectivity index (χ1v) is 14.5. The van der Waals surface area contributed by atoms with Gasteiger partial charge >= 0.3 is 0 Å². The van der Waals surface area contributed by atoms with E-state index in [1.54, 1.807) is 0 Å². The van der Waals surface area contributed by atoms with Gasteiger partial charge in [0.25, 0.3) is 0 Å². The summed E-state index contributed by atoms with van der Waals surface area (Å²) >= 11 is 0. The normalized spacial score (nSPS) is 11.7. The molecule has 3 heteroatoms. The van der Waals surface area contributed by atoms with Gasteiger partial charge in [0.1, 0.15) is 11.2 Å². The van der Waals surface area contributed by atoms with Crippen molar-refractivity contribution in [1.82, 2.24) is 9.97 Å². The van der Waals surface area contributed by atoms with Crippen molar-refractivity contribution >= 4 is 54.5 Å². The van der Waals surface area contributed by atoms with E-state index in [1.165, 1.54) is 10.8 Å². The third-order valence-corrected chi connectivity index (χ3v) is 8.54. The predicted molar refractivity (Wildman–Crippen MR) is 178 cm³/mol. The standard InChI is InChI=1S/C40H24N2O/c1-2-16-29(34-21-11-22-35-31-18-9-10-23-37(31)43-40(34)35)25(12-1)26-13-3-6-17-30(26)36-24-41-38-32-19-7-4-14-27(32)28-15-5-8-20-33(28)39(38)42-36/h1-24H. The van der Waals surface area contributed by atoms with Gasteiger partial charge in [-0.25, -0.2) is 4.98 Å². The van der Waals surface area contributed by atoms with E-state index in [1.807, 2.05) is 18.3 Å². The van der Waals surface area contributed by atoms with Crippen LogP contribution >= 0.6 is 0 Å². The van der Waals surface area contributed by atoms with Gasteiger partial charge in [0.05, 0.1) is 22.9 Å². The molecule has 0 N–H and O–H groups in total. The highest BCUT2D eigenvalue weighted by molar-refractivity contribution is 6.23. The second-order valence-electron chi connectivity index (χ2n) is 10.9. The first-order valence-electron chi connectivity index (χ1n) is 14.5. The summed E-state index contributed by atoms with van der Waals surface area (Å²) in [5, 5.41) is 6.86. The summed E-state index contributed by atoms with van der Waals surface area (Å²) in [7, 11) is 0. The number of para-hydroxylation sites is 2. The van der Waals surface area contributed by atoms with Gasteiger partial charge in [-0.1, -0.05) is 133 Å². The van der Waals surface area contributed by atoms with Crippen LogP contribution in [0.3, 0.4) is 0 Å². The molecule has 0 bridgehead atoms. The van der Waals surface area contributed by atoms with Gasteiger partial charge in [0, 0.05) is 32.7 Å². The molecule has 0 atom stereocenters. The molecule has 0 fully saturated rings. The number of hydrogen-bond acceptors (Lipinski definition) is 3. The van der Waals surface area contributed by atoms with Crippen LogP contribution in [0.2, 0.25) is 0 Å². The molecular formula is C40H24N2O. The van der Waals surface area contributed by atoms with Gasteiger partial charge in [0.2, 0.25) is 0 Å². The Bertz CT molecular complexity index is 2490. The van der Waals surface area contributed by atoms with Crippen molar-refractivity contribution in [2.75, 3.05) is 0 Å². The van der Waals surface area contributed by atoms with Crippen LogP contribution in [0.25, 0.3) is 88.0 Å². The Labute approximate surface area is 247 Å². The fraction of sp³-hybridized carbons (Fsp3) is 0. The van der Waals surface area contributed by atoms with Crippen molar-refractivity contribution in [2.24, 2.45) is 0 Å². The smallest absolute Gasteiger partial charge is 0.143 e. The van der Waals surface area contributed by atoms with E-state index in [0.29, 0.717) is 0 Å². The lowest BCUT2D eigenvalue weighted by atomic mass is 9.90. The fourth-order valence-electron chi connectivity index (χ4n) is 6.61. The molecule has 0 saturated heterocycles. The Kier molecular flexibility index (Phi) is 5.20. The summed E-state index contributed by atoms with van der Waals surface area (Å²) in [6.45, 7) is 0. The molecule has 0 radical (unpaired) electrons. The summed E-state index contributed by atoms with van der Waals surface area (Å²) in [6.07, 6.45) is 1.92. The second kappa shape index (κ2) is 9.37. The minimum absolute atomic E-state index is 0.847. The molecule has 2 heterocycles. The highest BCUT2D eigenvalue weighted by atomic mass is 16.3. The van der Waals surface area contributed by atoms with Crippen molar-refractivity contribution in [3.8, 4) is 33.5 Å². The van der Waals surface area contributed by atoms with E-state index < -0.39 is 0 Å². The third-order valence-electron chi connectivity index (χ3n) is 8.54. The summed E-state index contributed by atoms with van der Waals surface area (Å²) < 4.78 is 6.45. The first-order chi connectivity index (χ1) is 21.3. The molecule has 43 heavy (non-hydrogen) atoms. The Balaban J connectivity index is 1.28. The lowest BCUT2D eigenvalue weighted by Crippen LogP contribution is -1.94. The molecule has 3 nitrogen and oxygen atoms in total. The van der Waals surface area contributed by atoms with Gasteiger partial charge in [-0.05, 0) is 33.5 Å². The van der Waals surface area contributed by atoms with Gasteiger partial charge in [-0.2, -0.15) is 0 Å². The maximum Gasteiger partial charge on any atom is 0.143 e. The van der Waals surface area contributed by atoms with Crippen molar-refractivity contribution in [3.05, 3.63) is 146 Å². The zero-order valence-electron chi connectivity index (χ0n) is 23.2. The Morgan fingerprint density at radius 3 is 1.58 bits per heavy atom. The first kappa shape index (κ1) is 23.9. The maximum atomic E-state index is 6.45. The zero-order valence-corrected chi connectivity index (χ0v) is 23.2.